The molecule has 2 aliphatic rings. The summed E-state index contributed by atoms with van der Waals surface area (Å²) in [7, 11) is 1.88. The molecule has 0 unspecified atom stereocenters. The third-order valence-corrected chi connectivity index (χ3v) is 5.96. The van der Waals surface area contributed by atoms with Gasteiger partial charge in [-0.1, -0.05) is 0 Å². The van der Waals surface area contributed by atoms with Crippen molar-refractivity contribution in [3.8, 4) is 17.0 Å². The molecule has 0 amide bonds. The maximum Gasteiger partial charge on any atom is 0.416 e. The summed E-state index contributed by atoms with van der Waals surface area (Å²) >= 11 is 0. The fraction of sp³-hybridized carbons (Fsp3) is 0.450. The van der Waals surface area contributed by atoms with Gasteiger partial charge < -0.3 is 14.9 Å². The molecule has 3 aromatic rings. The average Bonchev–Trinajstić information content (AvgIpc) is 3.13. The number of phenolic OH excluding ortho intramolecular Hbond substituents is 1. The van der Waals surface area contributed by atoms with Crippen LogP contribution in [-0.4, -0.2) is 68.9 Å². The van der Waals surface area contributed by atoms with Gasteiger partial charge in [-0.25, -0.2) is 4.39 Å². The van der Waals surface area contributed by atoms with Crippen LogP contribution in [0.3, 0.4) is 0 Å². The van der Waals surface area contributed by atoms with E-state index in [0.29, 0.717) is 55.4 Å². The summed E-state index contributed by atoms with van der Waals surface area (Å²) in [5.74, 6) is 0.0374. The number of aromatic hydroxyl groups is 1. The Morgan fingerprint density at radius 1 is 1.13 bits per heavy atom. The first kappa shape index (κ1) is 20.0. The van der Waals surface area contributed by atoms with Crippen LogP contribution >= 0.6 is 0 Å². The van der Waals surface area contributed by atoms with Gasteiger partial charge in [0.1, 0.15) is 23.1 Å². The molecule has 4 heterocycles. The van der Waals surface area contributed by atoms with Crippen molar-refractivity contribution < 1.29 is 22.7 Å². The Kier molecular flexibility index (Phi) is 4.54. The first-order valence-corrected chi connectivity index (χ1v) is 9.94. The number of hydrogen-bond donors (Lipinski definition) is 1. The van der Waals surface area contributed by atoms with Crippen LogP contribution < -0.4 is 4.90 Å². The van der Waals surface area contributed by atoms with Crippen molar-refractivity contribution in [3.05, 3.63) is 30.0 Å². The molecule has 2 aliphatic heterocycles. The van der Waals surface area contributed by atoms with Crippen LogP contribution in [-0.2, 0) is 12.7 Å². The number of likely N-dealkylation sites (tertiary alicyclic amines) is 1. The quantitative estimate of drug-likeness (QED) is 0.623. The van der Waals surface area contributed by atoms with E-state index >= 15 is 0 Å². The Balaban J connectivity index is 1.58. The van der Waals surface area contributed by atoms with E-state index in [-0.39, 0.29) is 17.3 Å². The lowest BCUT2D eigenvalue weighted by atomic mass is 10.0. The van der Waals surface area contributed by atoms with Crippen molar-refractivity contribution in [1.29, 1.82) is 0 Å². The number of phenols is 1. The van der Waals surface area contributed by atoms with E-state index in [2.05, 4.69) is 15.3 Å². The highest BCUT2D eigenvalue weighted by molar-refractivity contribution is 5.99. The van der Waals surface area contributed by atoms with Gasteiger partial charge in [0.05, 0.1) is 23.7 Å². The fourth-order valence-electron chi connectivity index (χ4n) is 4.57. The van der Waals surface area contributed by atoms with E-state index in [4.69, 9.17) is 0 Å². The van der Waals surface area contributed by atoms with Crippen molar-refractivity contribution in [2.75, 3.05) is 31.6 Å². The van der Waals surface area contributed by atoms with Gasteiger partial charge in [-0.05, 0) is 25.2 Å². The molecule has 1 N–H and O–H groups in total. The molecule has 5 rings (SSSR count). The molecular weight excluding hydrogens is 416 g/mol. The zero-order valence-electron chi connectivity index (χ0n) is 16.6. The number of hydrogen-bond acceptors (Lipinski definition) is 6. The number of likely N-dealkylation sites (N-methyl/N-ethyl adjacent to an activating group) is 1. The standard InChI is InChI=1S/C20H20F4N6O/c1-28-9-12(21)7-13(10-28)29-4-5-30-18-15(8-25-30)17(26-27-19(18)29)14-3-2-11(6-16(14)31)20(22,23)24/h2-3,6,8,12-13,31H,4-5,7,9-10H2,1H3/t12-,13-/m1/s1. The summed E-state index contributed by atoms with van der Waals surface area (Å²) in [5.41, 5.74) is 0.131. The monoisotopic (exact) mass is 436 g/mol. The third-order valence-electron chi connectivity index (χ3n) is 5.96. The minimum atomic E-state index is -4.56. The van der Waals surface area contributed by atoms with Gasteiger partial charge in [0, 0.05) is 37.7 Å². The van der Waals surface area contributed by atoms with Crippen molar-refractivity contribution in [3.63, 3.8) is 0 Å². The predicted molar refractivity (Wildman–Crippen MR) is 106 cm³/mol. The molecule has 31 heavy (non-hydrogen) atoms. The van der Waals surface area contributed by atoms with Crippen molar-refractivity contribution >= 4 is 16.7 Å². The molecule has 0 bridgehead atoms. The lowest BCUT2D eigenvalue weighted by Crippen LogP contribution is -2.52. The number of nitrogens with zero attached hydrogens (tertiary/aromatic N) is 6. The molecular formula is C20H20F4N6O. The SMILES string of the molecule is CN1C[C@H](F)C[C@@H](N2CCn3ncc4c(-c5ccc(C(F)(F)F)cc5O)nnc2c43)C1. The van der Waals surface area contributed by atoms with Crippen LogP contribution in [0.2, 0.25) is 0 Å². The van der Waals surface area contributed by atoms with Crippen LogP contribution in [0.4, 0.5) is 23.4 Å². The van der Waals surface area contributed by atoms with E-state index in [1.165, 1.54) is 6.07 Å². The Morgan fingerprint density at radius 3 is 2.65 bits per heavy atom. The Labute approximate surface area is 174 Å². The van der Waals surface area contributed by atoms with Gasteiger partial charge in [-0.15, -0.1) is 10.2 Å². The van der Waals surface area contributed by atoms with E-state index in [1.807, 2.05) is 16.8 Å². The van der Waals surface area contributed by atoms with Gasteiger partial charge in [-0.3, -0.25) is 4.68 Å². The summed E-state index contributed by atoms with van der Waals surface area (Å²) in [4.78, 5) is 3.99. The van der Waals surface area contributed by atoms with Crippen molar-refractivity contribution in [1.82, 2.24) is 24.9 Å². The van der Waals surface area contributed by atoms with E-state index in [9.17, 15) is 22.7 Å². The second-order valence-corrected chi connectivity index (χ2v) is 8.13. The van der Waals surface area contributed by atoms with Gasteiger partial charge in [0.2, 0.25) is 0 Å². The van der Waals surface area contributed by atoms with Crippen LogP contribution in [0.15, 0.2) is 24.4 Å². The third kappa shape index (κ3) is 3.36. The largest absolute Gasteiger partial charge is 0.507 e. The number of alkyl halides is 4. The molecule has 164 valence electrons. The number of benzene rings is 1. The zero-order valence-corrected chi connectivity index (χ0v) is 16.6. The number of anilines is 1. The van der Waals surface area contributed by atoms with E-state index < -0.39 is 23.7 Å². The normalized spacial score (nSPS) is 22.3. The molecule has 11 heteroatoms. The van der Waals surface area contributed by atoms with Gasteiger partial charge in [-0.2, -0.15) is 18.3 Å². The first-order chi connectivity index (χ1) is 14.7. The summed E-state index contributed by atoms with van der Waals surface area (Å²) in [6, 6.07) is 2.70. The van der Waals surface area contributed by atoms with Gasteiger partial charge in [0.25, 0.3) is 0 Å². The summed E-state index contributed by atoms with van der Waals surface area (Å²) < 4.78 is 54.8. The second kappa shape index (κ2) is 7.04. The molecule has 1 aromatic carbocycles. The lowest BCUT2D eigenvalue weighted by molar-refractivity contribution is -0.137. The van der Waals surface area contributed by atoms with Crippen LogP contribution in [0, 0.1) is 0 Å². The van der Waals surface area contributed by atoms with Crippen molar-refractivity contribution in [2.24, 2.45) is 0 Å². The summed E-state index contributed by atoms with van der Waals surface area (Å²) in [6.07, 6.45) is -3.52. The number of piperidine rings is 1. The van der Waals surface area contributed by atoms with Gasteiger partial charge >= 0.3 is 6.18 Å². The van der Waals surface area contributed by atoms with E-state index in [0.717, 1.165) is 6.07 Å². The molecule has 0 aliphatic carbocycles. The lowest BCUT2D eigenvalue weighted by Gasteiger charge is -2.41. The van der Waals surface area contributed by atoms with Crippen LogP contribution in [0.1, 0.15) is 12.0 Å². The molecule has 2 aromatic heterocycles. The number of rotatable bonds is 2. The maximum atomic E-state index is 14.2. The smallest absolute Gasteiger partial charge is 0.416 e. The molecule has 2 atom stereocenters. The van der Waals surface area contributed by atoms with Crippen molar-refractivity contribution in [2.45, 2.75) is 31.4 Å². The molecule has 0 radical (unpaired) electrons. The Morgan fingerprint density at radius 2 is 1.94 bits per heavy atom. The Bertz CT molecular complexity index is 1140. The zero-order chi connectivity index (χ0) is 21.9. The molecule has 7 nitrogen and oxygen atoms in total. The summed E-state index contributed by atoms with van der Waals surface area (Å²) in [6.45, 7) is 2.26. The average molecular weight is 436 g/mol. The van der Waals surface area contributed by atoms with Gasteiger partial charge in [0.15, 0.2) is 5.82 Å². The van der Waals surface area contributed by atoms with Crippen LogP contribution in [0.5, 0.6) is 5.75 Å². The predicted octanol–water partition coefficient (Wildman–Crippen LogP) is 3.08. The topological polar surface area (TPSA) is 70.3 Å². The molecule has 1 fully saturated rings. The van der Waals surface area contributed by atoms with E-state index in [1.54, 1.807) is 10.9 Å². The molecule has 0 saturated carbocycles. The number of aromatic nitrogens is 4. The molecule has 1 saturated heterocycles. The minimum absolute atomic E-state index is 0.0692. The van der Waals surface area contributed by atoms with Crippen LogP contribution in [0.25, 0.3) is 22.2 Å². The summed E-state index contributed by atoms with van der Waals surface area (Å²) in [5, 5.41) is 23.8. The minimum Gasteiger partial charge on any atom is -0.507 e. The highest BCUT2D eigenvalue weighted by atomic mass is 19.4. The first-order valence-electron chi connectivity index (χ1n) is 9.94. The number of halogens is 4. The molecule has 0 spiro atoms. The fourth-order valence-corrected chi connectivity index (χ4v) is 4.57. The highest BCUT2D eigenvalue weighted by Gasteiger charge is 2.35. The highest BCUT2D eigenvalue weighted by Crippen LogP contribution is 2.40. The Hall–Kier alpha value is -2.95. The maximum absolute atomic E-state index is 14.2. The second-order valence-electron chi connectivity index (χ2n) is 8.13.